The molecule has 0 radical (unpaired) electrons. The summed E-state index contributed by atoms with van der Waals surface area (Å²) in [4.78, 5) is 16.9. The molecule has 2 fully saturated rings. The van der Waals surface area contributed by atoms with Crippen molar-refractivity contribution in [2.24, 2.45) is 23.5 Å². The third-order valence-electron chi connectivity index (χ3n) is 5.70. The number of rotatable bonds is 4. The molecule has 132 valence electrons. The number of fused-ring (bicyclic) bond motifs is 2. The summed E-state index contributed by atoms with van der Waals surface area (Å²) in [6, 6.07) is 9.93. The van der Waals surface area contributed by atoms with Gasteiger partial charge in [0.25, 0.3) is 0 Å². The van der Waals surface area contributed by atoms with Crippen LogP contribution in [0.25, 0.3) is 11.4 Å². The molecule has 0 aliphatic heterocycles. The predicted octanol–water partition coefficient (Wildman–Crippen LogP) is 2.51. The first-order chi connectivity index (χ1) is 12.2. The highest BCUT2D eigenvalue weighted by Gasteiger charge is 2.40. The van der Waals surface area contributed by atoms with Gasteiger partial charge in [0.2, 0.25) is 17.6 Å². The first kappa shape index (κ1) is 16.3. The summed E-state index contributed by atoms with van der Waals surface area (Å²) in [5.74, 6) is 2.12. The lowest BCUT2D eigenvalue weighted by Crippen LogP contribution is -2.49. The fraction of sp³-hybridized carbons (Fsp3) is 0.526. The monoisotopic (exact) mass is 340 g/mol. The molecule has 2 aromatic rings. The van der Waals surface area contributed by atoms with Crippen molar-refractivity contribution in [1.29, 1.82) is 0 Å². The van der Waals surface area contributed by atoms with Crippen LogP contribution in [0.3, 0.4) is 0 Å². The number of aromatic nitrogens is 2. The molecule has 6 heteroatoms. The molecule has 0 spiro atoms. The van der Waals surface area contributed by atoms with Crippen molar-refractivity contribution in [1.82, 2.24) is 15.5 Å². The van der Waals surface area contributed by atoms with E-state index in [0.717, 1.165) is 31.2 Å². The number of hydrogen-bond donors (Lipinski definition) is 2. The van der Waals surface area contributed by atoms with Gasteiger partial charge < -0.3 is 15.6 Å². The lowest BCUT2D eigenvalue weighted by Gasteiger charge is -2.43. The van der Waals surface area contributed by atoms with E-state index in [1.54, 1.807) is 0 Å². The van der Waals surface area contributed by atoms with Gasteiger partial charge in [-0.2, -0.15) is 4.98 Å². The molecule has 2 aliphatic rings. The summed E-state index contributed by atoms with van der Waals surface area (Å²) in [5.41, 5.74) is 7.21. The average molecular weight is 340 g/mol. The maximum absolute atomic E-state index is 12.5. The van der Waals surface area contributed by atoms with Crippen LogP contribution in [-0.4, -0.2) is 22.1 Å². The van der Waals surface area contributed by atoms with Gasteiger partial charge in [-0.1, -0.05) is 41.9 Å². The number of nitrogens with one attached hydrogen (secondary N) is 1. The lowest BCUT2D eigenvalue weighted by atomic mass is 9.65. The van der Waals surface area contributed by atoms with Gasteiger partial charge in [-0.3, -0.25) is 4.79 Å². The van der Waals surface area contributed by atoms with Crippen LogP contribution in [0, 0.1) is 17.8 Å². The number of benzene rings is 1. The SMILES string of the molecule is NC1C2CCCC1CC(C(=O)NCc1nc(-c3ccccc3)no1)C2. The molecule has 25 heavy (non-hydrogen) atoms. The Morgan fingerprint density at radius 2 is 1.92 bits per heavy atom. The third-order valence-corrected chi connectivity index (χ3v) is 5.70. The van der Waals surface area contributed by atoms with Crippen LogP contribution in [0.4, 0.5) is 0 Å². The second kappa shape index (κ2) is 6.96. The van der Waals surface area contributed by atoms with E-state index >= 15 is 0 Å². The van der Waals surface area contributed by atoms with Gasteiger partial charge in [-0.15, -0.1) is 0 Å². The Bertz CT molecular complexity index is 716. The molecule has 3 N–H and O–H groups in total. The van der Waals surface area contributed by atoms with Crippen LogP contribution in [0.1, 0.15) is 38.0 Å². The standard InChI is InChI=1S/C19H24N4O2/c20-17-13-7-4-8-14(17)10-15(9-13)19(24)21-11-16-22-18(23-25-16)12-5-2-1-3-6-12/h1-3,5-6,13-15,17H,4,7-11,20H2,(H,21,24). The Labute approximate surface area is 147 Å². The molecule has 2 aliphatic carbocycles. The maximum Gasteiger partial charge on any atom is 0.246 e. The average Bonchev–Trinajstić information content (AvgIpc) is 3.09. The predicted molar refractivity (Wildman–Crippen MR) is 93.1 cm³/mol. The van der Waals surface area contributed by atoms with Gasteiger partial charge in [0.15, 0.2) is 0 Å². The van der Waals surface area contributed by atoms with Crippen molar-refractivity contribution in [3.05, 3.63) is 36.2 Å². The molecule has 1 aromatic heterocycles. The Kier molecular flexibility index (Phi) is 4.53. The number of nitrogens with two attached hydrogens (primary N) is 1. The Balaban J connectivity index is 1.34. The molecule has 2 unspecified atom stereocenters. The number of carbonyl (C=O) groups excluding carboxylic acids is 1. The molecule has 2 saturated carbocycles. The number of carbonyl (C=O) groups is 1. The topological polar surface area (TPSA) is 94.0 Å². The Hall–Kier alpha value is -2.21. The minimum Gasteiger partial charge on any atom is -0.347 e. The zero-order valence-corrected chi connectivity index (χ0v) is 14.2. The molecule has 2 bridgehead atoms. The van der Waals surface area contributed by atoms with Gasteiger partial charge in [0, 0.05) is 17.5 Å². The maximum atomic E-state index is 12.5. The minimum absolute atomic E-state index is 0.0617. The second-order valence-electron chi connectivity index (χ2n) is 7.29. The van der Waals surface area contributed by atoms with Crippen LogP contribution < -0.4 is 11.1 Å². The number of amides is 1. The van der Waals surface area contributed by atoms with Gasteiger partial charge in [0.05, 0.1) is 6.54 Å². The van der Waals surface area contributed by atoms with E-state index in [1.165, 1.54) is 6.42 Å². The highest BCUT2D eigenvalue weighted by molar-refractivity contribution is 5.78. The largest absolute Gasteiger partial charge is 0.347 e. The zero-order valence-electron chi connectivity index (χ0n) is 14.2. The third kappa shape index (κ3) is 3.44. The van der Waals surface area contributed by atoms with Crippen molar-refractivity contribution < 1.29 is 9.32 Å². The van der Waals surface area contributed by atoms with Crippen LogP contribution in [0.5, 0.6) is 0 Å². The minimum atomic E-state index is 0.0617. The molecule has 6 nitrogen and oxygen atoms in total. The number of nitrogens with zero attached hydrogens (tertiary/aromatic N) is 2. The fourth-order valence-corrected chi connectivity index (χ4v) is 4.34. The normalized spacial score (nSPS) is 28.5. The van der Waals surface area contributed by atoms with Crippen LogP contribution >= 0.6 is 0 Å². The molecule has 1 amide bonds. The summed E-state index contributed by atoms with van der Waals surface area (Å²) in [6.07, 6.45) is 5.38. The first-order valence-electron chi connectivity index (χ1n) is 9.12. The fourth-order valence-electron chi connectivity index (χ4n) is 4.34. The quantitative estimate of drug-likeness (QED) is 0.892. The smallest absolute Gasteiger partial charge is 0.246 e. The van der Waals surface area contributed by atoms with Crippen LogP contribution in [-0.2, 0) is 11.3 Å². The molecule has 1 aromatic carbocycles. The van der Waals surface area contributed by atoms with Gasteiger partial charge >= 0.3 is 0 Å². The summed E-state index contributed by atoms with van der Waals surface area (Å²) >= 11 is 0. The van der Waals surface area contributed by atoms with E-state index in [2.05, 4.69) is 15.5 Å². The summed E-state index contributed by atoms with van der Waals surface area (Å²) < 4.78 is 5.25. The lowest BCUT2D eigenvalue weighted by molar-refractivity contribution is -0.128. The molecular formula is C19H24N4O2. The van der Waals surface area contributed by atoms with Crippen molar-refractivity contribution in [3.63, 3.8) is 0 Å². The Morgan fingerprint density at radius 3 is 2.64 bits per heavy atom. The van der Waals surface area contributed by atoms with Crippen LogP contribution in [0.15, 0.2) is 34.9 Å². The van der Waals surface area contributed by atoms with Crippen molar-refractivity contribution in [3.8, 4) is 11.4 Å². The molecule has 1 heterocycles. The van der Waals surface area contributed by atoms with E-state index in [9.17, 15) is 4.79 Å². The number of hydrogen-bond acceptors (Lipinski definition) is 5. The molecule has 0 saturated heterocycles. The van der Waals surface area contributed by atoms with Gasteiger partial charge in [-0.25, -0.2) is 0 Å². The van der Waals surface area contributed by atoms with Crippen molar-refractivity contribution in [2.45, 2.75) is 44.7 Å². The first-order valence-corrected chi connectivity index (χ1v) is 9.12. The van der Waals surface area contributed by atoms with Gasteiger partial charge in [0.1, 0.15) is 0 Å². The van der Waals surface area contributed by atoms with Crippen molar-refractivity contribution >= 4 is 5.91 Å². The Morgan fingerprint density at radius 1 is 1.20 bits per heavy atom. The van der Waals surface area contributed by atoms with Crippen LogP contribution in [0.2, 0.25) is 0 Å². The molecule has 2 atom stereocenters. The van der Waals surface area contributed by atoms with E-state index in [1.807, 2.05) is 30.3 Å². The summed E-state index contributed by atoms with van der Waals surface area (Å²) in [5, 5.41) is 6.94. The summed E-state index contributed by atoms with van der Waals surface area (Å²) in [7, 11) is 0. The summed E-state index contributed by atoms with van der Waals surface area (Å²) in [6.45, 7) is 0.274. The second-order valence-corrected chi connectivity index (χ2v) is 7.29. The van der Waals surface area contributed by atoms with E-state index in [0.29, 0.717) is 23.6 Å². The van der Waals surface area contributed by atoms with Gasteiger partial charge in [-0.05, 0) is 37.5 Å². The van der Waals surface area contributed by atoms with E-state index < -0.39 is 0 Å². The molecule has 4 rings (SSSR count). The molecular weight excluding hydrogens is 316 g/mol. The zero-order chi connectivity index (χ0) is 17.2. The highest BCUT2D eigenvalue weighted by Crippen LogP contribution is 2.41. The van der Waals surface area contributed by atoms with E-state index in [4.69, 9.17) is 10.3 Å². The highest BCUT2D eigenvalue weighted by atomic mass is 16.5. The van der Waals surface area contributed by atoms with Crippen molar-refractivity contribution in [2.75, 3.05) is 0 Å². The van der Waals surface area contributed by atoms with E-state index in [-0.39, 0.29) is 24.4 Å².